The van der Waals surface area contributed by atoms with Gasteiger partial charge in [-0.3, -0.25) is 24.3 Å². The summed E-state index contributed by atoms with van der Waals surface area (Å²) < 4.78 is 117. The first-order valence-corrected chi connectivity index (χ1v) is 15.3. The molecule has 4 aromatic rings. The molecule has 0 atom stereocenters. The molecule has 17 heteroatoms. The first kappa shape index (κ1) is 33.4. The molecule has 1 aliphatic rings. The average molecular weight is 683 g/mol. The van der Waals surface area contributed by atoms with Crippen LogP contribution in [0, 0.1) is 6.92 Å². The molecule has 2 aromatic carbocycles. The van der Waals surface area contributed by atoms with Crippen LogP contribution in [-0.4, -0.2) is 55.8 Å². The summed E-state index contributed by atoms with van der Waals surface area (Å²) in [6.45, 7) is -2.44. The van der Waals surface area contributed by atoms with Gasteiger partial charge < -0.3 is 14.4 Å². The number of hydrogen-bond donors (Lipinski definition) is 1. The highest BCUT2D eigenvalue weighted by Crippen LogP contribution is 2.46. The minimum absolute atomic E-state index is 0.162. The van der Waals surface area contributed by atoms with Gasteiger partial charge in [0.1, 0.15) is 11.3 Å². The number of pyridine rings is 2. The third-order valence-corrected chi connectivity index (χ3v) is 8.10. The Morgan fingerprint density at radius 1 is 0.936 bits per heavy atom. The third-order valence-electron chi connectivity index (χ3n) is 6.85. The number of rotatable bonds is 10. The Kier molecular flexibility index (Phi) is 9.03. The first-order valence-electron chi connectivity index (χ1n) is 13.7. The third kappa shape index (κ3) is 7.90. The number of amides is 2. The Balaban J connectivity index is 1.45. The molecule has 0 saturated heterocycles. The van der Waals surface area contributed by atoms with Crippen LogP contribution in [0.15, 0.2) is 60.9 Å². The molecule has 2 amide bonds. The quantitative estimate of drug-likeness (QED) is 0.227. The van der Waals surface area contributed by atoms with Crippen molar-refractivity contribution in [3.8, 4) is 11.5 Å². The van der Waals surface area contributed by atoms with Crippen LogP contribution in [-0.2, 0) is 33.5 Å². The van der Waals surface area contributed by atoms with E-state index in [2.05, 4.69) is 9.97 Å². The second-order valence-electron chi connectivity index (χ2n) is 10.5. The number of alkyl halides is 6. The monoisotopic (exact) mass is 682 g/mol. The number of aromatic nitrogens is 2. The SMILES string of the molecule is Cc1cc(CS(=O)(=O)NC(=O)Cc2ccccn2)ccc1N1Cc2c(c(OCC(F)(F)F)c3cccnc3c2OCC(F)(F)F)C1=O. The van der Waals surface area contributed by atoms with Crippen LogP contribution in [0.5, 0.6) is 11.5 Å². The van der Waals surface area contributed by atoms with Crippen LogP contribution in [0.1, 0.15) is 32.7 Å². The van der Waals surface area contributed by atoms with E-state index in [4.69, 9.17) is 9.47 Å². The van der Waals surface area contributed by atoms with Crippen molar-refractivity contribution in [3.05, 3.63) is 88.9 Å². The molecule has 0 unspecified atom stereocenters. The molecular weight excluding hydrogens is 658 g/mol. The van der Waals surface area contributed by atoms with Gasteiger partial charge in [0.05, 0.1) is 24.3 Å². The molecule has 0 bridgehead atoms. The van der Waals surface area contributed by atoms with Crippen LogP contribution >= 0.6 is 0 Å². The van der Waals surface area contributed by atoms with Gasteiger partial charge in [-0.2, -0.15) is 26.3 Å². The van der Waals surface area contributed by atoms with Gasteiger partial charge in [-0.25, -0.2) is 8.42 Å². The van der Waals surface area contributed by atoms with Gasteiger partial charge in [0.2, 0.25) is 15.9 Å². The number of aryl methyl sites for hydroxylation is 1. The summed E-state index contributed by atoms with van der Waals surface area (Å²) in [5.41, 5.74) is 0.303. The maximum atomic E-state index is 13.8. The summed E-state index contributed by atoms with van der Waals surface area (Å²) in [6, 6.07) is 11.6. The van der Waals surface area contributed by atoms with Gasteiger partial charge in [0.25, 0.3) is 5.91 Å². The second-order valence-corrected chi connectivity index (χ2v) is 12.2. The summed E-state index contributed by atoms with van der Waals surface area (Å²) >= 11 is 0. The molecule has 0 saturated carbocycles. The number of ether oxygens (including phenoxy) is 2. The first-order chi connectivity index (χ1) is 22.0. The molecule has 1 N–H and O–H groups in total. The smallest absolute Gasteiger partial charge is 0.422 e. The lowest BCUT2D eigenvalue weighted by Crippen LogP contribution is -2.33. The van der Waals surface area contributed by atoms with Crippen LogP contribution in [0.4, 0.5) is 32.0 Å². The Bertz CT molecular complexity index is 1950. The number of carbonyl (C=O) groups excluding carboxylic acids is 2. The molecule has 0 radical (unpaired) electrons. The summed E-state index contributed by atoms with van der Waals surface area (Å²) in [5, 5.41) is -0.162. The van der Waals surface area contributed by atoms with E-state index < -0.39 is 76.8 Å². The van der Waals surface area contributed by atoms with Gasteiger partial charge in [-0.15, -0.1) is 0 Å². The van der Waals surface area contributed by atoms with Crippen LogP contribution in [0.25, 0.3) is 10.9 Å². The van der Waals surface area contributed by atoms with E-state index in [-0.39, 0.29) is 34.1 Å². The summed E-state index contributed by atoms with van der Waals surface area (Å²) in [6.07, 6.45) is -7.21. The maximum Gasteiger partial charge on any atom is 0.422 e. The Morgan fingerprint density at radius 2 is 1.62 bits per heavy atom. The molecule has 5 rings (SSSR count). The zero-order chi connectivity index (χ0) is 34.1. The summed E-state index contributed by atoms with van der Waals surface area (Å²) in [4.78, 5) is 35.2. The lowest BCUT2D eigenvalue weighted by molar-refractivity contribution is -0.154. The molecule has 0 aliphatic carbocycles. The Morgan fingerprint density at radius 3 is 2.26 bits per heavy atom. The minimum atomic E-state index is -4.81. The van der Waals surface area contributed by atoms with Crippen molar-refractivity contribution < 1.29 is 53.8 Å². The molecule has 0 fully saturated rings. The van der Waals surface area contributed by atoms with Gasteiger partial charge in [0.15, 0.2) is 19.0 Å². The van der Waals surface area contributed by atoms with Crippen LogP contribution < -0.4 is 19.1 Å². The van der Waals surface area contributed by atoms with Crippen molar-refractivity contribution in [1.82, 2.24) is 14.7 Å². The Hall–Kier alpha value is -4.93. The fourth-order valence-corrected chi connectivity index (χ4v) is 6.20. The van der Waals surface area contributed by atoms with Crippen molar-refractivity contribution in [2.24, 2.45) is 0 Å². The van der Waals surface area contributed by atoms with Crippen LogP contribution in [0.2, 0.25) is 0 Å². The minimum Gasteiger partial charge on any atom is -0.483 e. The number of anilines is 1. The predicted octanol–water partition coefficient (Wildman–Crippen LogP) is 5.17. The number of halogens is 6. The molecule has 3 heterocycles. The maximum absolute atomic E-state index is 13.8. The fourth-order valence-electron chi connectivity index (χ4n) is 5.09. The molecule has 2 aromatic heterocycles. The summed E-state index contributed by atoms with van der Waals surface area (Å²) in [7, 11) is -4.16. The normalized spacial score (nSPS) is 13.5. The van der Waals surface area contributed by atoms with Crippen molar-refractivity contribution in [1.29, 1.82) is 0 Å². The lowest BCUT2D eigenvalue weighted by atomic mass is 10.0. The highest BCUT2D eigenvalue weighted by molar-refractivity contribution is 7.89. The van der Waals surface area contributed by atoms with E-state index in [0.29, 0.717) is 11.3 Å². The highest BCUT2D eigenvalue weighted by Gasteiger charge is 2.40. The zero-order valence-electron chi connectivity index (χ0n) is 24.3. The number of carbonyl (C=O) groups is 2. The number of nitrogens with zero attached hydrogens (tertiary/aromatic N) is 3. The van der Waals surface area contributed by atoms with E-state index in [0.717, 1.165) is 4.90 Å². The number of hydrogen-bond acceptors (Lipinski definition) is 8. The van der Waals surface area contributed by atoms with E-state index in [1.807, 2.05) is 4.72 Å². The highest BCUT2D eigenvalue weighted by atomic mass is 32.2. The Labute approximate surface area is 263 Å². The topological polar surface area (TPSA) is 128 Å². The molecule has 10 nitrogen and oxygen atoms in total. The number of fused-ring (bicyclic) bond motifs is 2. The van der Waals surface area contributed by atoms with Crippen molar-refractivity contribution >= 4 is 38.4 Å². The lowest BCUT2D eigenvalue weighted by Gasteiger charge is -2.19. The fraction of sp³-hybridized carbons (Fsp3) is 0.267. The largest absolute Gasteiger partial charge is 0.483 e. The van der Waals surface area contributed by atoms with E-state index >= 15 is 0 Å². The van der Waals surface area contributed by atoms with Crippen molar-refractivity contribution in [3.63, 3.8) is 0 Å². The molecule has 248 valence electrons. The number of nitrogens with one attached hydrogen (secondary N) is 1. The van der Waals surface area contributed by atoms with Gasteiger partial charge >= 0.3 is 12.4 Å². The zero-order valence-corrected chi connectivity index (χ0v) is 25.1. The van der Waals surface area contributed by atoms with E-state index in [1.54, 1.807) is 18.2 Å². The number of benzene rings is 2. The van der Waals surface area contributed by atoms with Gasteiger partial charge in [-0.1, -0.05) is 18.2 Å². The average Bonchev–Trinajstić information content (AvgIpc) is 3.30. The van der Waals surface area contributed by atoms with E-state index in [1.165, 1.54) is 49.6 Å². The molecule has 0 spiro atoms. The van der Waals surface area contributed by atoms with Gasteiger partial charge in [0, 0.05) is 34.7 Å². The van der Waals surface area contributed by atoms with Gasteiger partial charge in [-0.05, 0) is 48.4 Å². The standard InChI is InChI=1S/C30H24F6N4O6S/c1-17-11-18(14-47(43,44)39-23(41)12-19-5-2-3-9-37-19)7-8-22(17)40-13-21-24(28(40)42)26(45-15-29(31,32)33)20-6-4-10-38-25(20)27(21)46-16-30(34,35)36/h2-11H,12-16H2,1H3,(H,39,41). The number of sulfonamides is 1. The predicted molar refractivity (Wildman–Crippen MR) is 155 cm³/mol. The van der Waals surface area contributed by atoms with E-state index in [9.17, 15) is 44.3 Å². The van der Waals surface area contributed by atoms with Crippen molar-refractivity contribution in [2.45, 2.75) is 38.0 Å². The van der Waals surface area contributed by atoms with Crippen molar-refractivity contribution in [2.75, 3.05) is 18.1 Å². The summed E-state index contributed by atoms with van der Waals surface area (Å²) in [5.74, 6) is -3.26. The molecule has 47 heavy (non-hydrogen) atoms. The molecular formula is C30H24F6N4O6S. The molecule has 1 aliphatic heterocycles. The second kappa shape index (κ2) is 12.7. The van der Waals surface area contributed by atoms with Crippen LogP contribution in [0.3, 0.4) is 0 Å².